The van der Waals surface area contributed by atoms with Crippen LogP contribution in [0.3, 0.4) is 0 Å². The average molecular weight is 297 g/mol. The molecule has 114 valence electrons. The summed E-state index contributed by atoms with van der Waals surface area (Å²) in [6.45, 7) is -0.0323. The highest BCUT2D eigenvalue weighted by Gasteiger charge is 2.16. The number of nitrogens with zero attached hydrogens (tertiary/aromatic N) is 3. The van der Waals surface area contributed by atoms with Gasteiger partial charge in [-0.3, -0.25) is 0 Å². The number of ether oxygens (including phenoxy) is 1. The fraction of sp³-hybridized carbons (Fsp3) is 0.235. The molecule has 5 nitrogen and oxygen atoms in total. The summed E-state index contributed by atoms with van der Waals surface area (Å²) in [6.07, 6.45) is 5.74. The van der Waals surface area contributed by atoms with Gasteiger partial charge in [-0.05, 0) is 17.7 Å². The number of methoxy groups -OCH3 is 1. The molecule has 3 aromatic rings. The monoisotopic (exact) mass is 297 g/mol. The topological polar surface area (TPSA) is 52.2 Å². The first kappa shape index (κ1) is 14.4. The zero-order valence-electron chi connectivity index (χ0n) is 12.9. The van der Waals surface area contributed by atoms with E-state index in [4.69, 9.17) is 4.74 Å². The highest BCUT2D eigenvalue weighted by molar-refractivity contribution is 5.76. The molecule has 0 spiro atoms. The van der Waals surface area contributed by atoms with Crippen LogP contribution in [0, 0.1) is 0 Å². The standard InChI is InChI=1S/C17H19N3O2/c1-19-8-7-18-17(19)13-9-14(20(2)10-13)16-12(11-21)5-4-6-15(16)22-3/h4-10,21H,11H2,1-3H3. The van der Waals surface area contributed by atoms with Gasteiger partial charge in [0.25, 0.3) is 0 Å². The lowest BCUT2D eigenvalue weighted by molar-refractivity contribution is 0.281. The van der Waals surface area contributed by atoms with Gasteiger partial charge in [0.2, 0.25) is 0 Å². The zero-order chi connectivity index (χ0) is 15.7. The molecule has 0 amide bonds. The van der Waals surface area contributed by atoms with E-state index in [0.717, 1.165) is 34.0 Å². The molecule has 0 saturated heterocycles. The molecule has 0 saturated carbocycles. The van der Waals surface area contributed by atoms with Crippen molar-refractivity contribution in [1.29, 1.82) is 0 Å². The summed E-state index contributed by atoms with van der Waals surface area (Å²) in [6, 6.07) is 7.77. The van der Waals surface area contributed by atoms with E-state index in [1.807, 2.05) is 53.8 Å². The van der Waals surface area contributed by atoms with Crippen molar-refractivity contribution in [3.05, 3.63) is 48.4 Å². The minimum Gasteiger partial charge on any atom is -0.496 e. The lowest BCUT2D eigenvalue weighted by Crippen LogP contribution is -1.98. The maximum absolute atomic E-state index is 9.64. The smallest absolute Gasteiger partial charge is 0.141 e. The van der Waals surface area contributed by atoms with Gasteiger partial charge in [-0.25, -0.2) is 4.98 Å². The van der Waals surface area contributed by atoms with Crippen molar-refractivity contribution in [2.45, 2.75) is 6.61 Å². The highest BCUT2D eigenvalue weighted by Crippen LogP contribution is 2.36. The number of hydrogen-bond acceptors (Lipinski definition) is 3. The summed E-state index contributed by atoms with van der Waals surface area (Å²) in [7, 11) is 5.59. The molecular formula is C17H19N3O2. The van der Waals surface area contributed by atoms with Crippen LogP contribution in [0.2, 0.25) is 0 Å². The van der Waals surface area contributed by atoms with Gasteiger partial charge in [0.15, 0.2) is 0 Å². The quantitative estimate of drug-likeness (QED) is 0.805. The third-order valence-electron chi connectivity index (χ3n) is 3.84. The van der Waals surface area contributed by atoms with E-state index in [2.05, 4.69) is 11.1 Å². The molecule has 0 bridgehead atoms. The second-order valence-electron chi connectivity index (χ2n) is 5.24. The van der Waals surface area contributed by atoms with Crippen LogP contribution >= 0.6 is 0 Å². The predicted octanol–water partition coefficient (Wildman–Crippen LogP) is 2.59. The summed E-state index contributed by atoms with van der Waals surface area (Å²) >= 11 is 0. The average Bonchev–Trinajstić information content (AvgIpc) is 3.11. The first-order chi connectivity index (χ1) is 10.7. The molecule has 0 aliphatic carbocycles. The number of aryl methyl sites for hydroxylation is 2. The van der Waals surface area contributed by atoms with E-state index in [1.54, 1.807) is 13.3 Å². The summed E-state index contributed by atoms with van der Waals surface area (Å²) in [5.41, 5.74) is 3.77. The normalized spacial score (nSPS) is 10.9. The molecule has 0 atom stereocenters. The van der Waals surface area contributed by atoms with E-state index in [0.29, 0.717) is 0 Å². The summed E-state index contributed by atoms with van der Waals surface area (Å²) in [5.74, 6) is 1.65. The van der Waals surface area contributed by atoms with Crippen molar-refractivity contribution >= 4 is 0 Å². The molecule has 0 fully saturated rings. The molecule has 0 radical (unpaired) electrons. The molecule has 1 aromatic carbocycles. The van der Waals surface area contributed by atoms with Crippen LogP contribution in [0.15, 0.2) is 42.9 Å². The van der Waals surface area contributed by atoms with Gasteiger partial charge in [-0.2, -0.15) is 0 Å². The third-order valence-corrected chi connectivity index (χ3v) is 3.84. The fourth-order valence-corrected chi connectivity index (χ4v) is 2.75. The molecule has 5 heteroatoms. The Labute approximate surface area is 129 Å². The van der Waals surface area contributed by atoms with Crippen LogP contribution in [-0.2, 0) is 20.7 Å². The van der Waals surface area contributed by atoms with Gasteiger partial charge >= 0.3 is 0 Å². The van der Waals surface area contributed by atoms with E-state index >= 15 is 0 Å². The van der Waals surface area contributed by atoms with E-state index < -0.39 is 0 Å². The molecule has 0 aliphatic rings. The van der Waals surface area contributed by atoms with Crippen molar-refractivity contribution in [2.75, 3.05) is 7.11 Å². The van der Waals surface area contributed by atoms with Gasteiger partial charge in [-0.15, -0.1) is 0 Å². The van der Waals surface area contributed by atoms with Gasteiger partial charge < -0.3 is 19.0 Å². The maximum atomic E-state index is 9.64. The second-order valence-corrected chi connectivity index (χ2v) is 5.24. The number of aliphatic hydroxyl groups is 1. The number of aromatic nitrogens is 3. The molecule has 0 aliphatic heterocycles. The molecule has 3 rings (SSSR count). The van der Waals surface area contributed by atoms with Crippen molar-refractivity contribution in [2.24, 2.45) is 14.1 Å². The Morgan fingerprint density at radius 2 is 2.05 bits per heavy atom. The van der Waals surface area contributed by atoms with Crippen molar-refractivity contribution in [1.82, 2.24) is 14.1 Å². The van der Waals surface area contributed by atoms with Crippen LogP contribution in [0.25, 0.3) is 22.6 Å². The summed E-state index contributed by atoms with van der Waals surface area (Å²) < 4.78 is 9.48. The Bertz CT molecular complexity index is 780. The third kappa shape index (κ3) is 2.29. The SMILES string of the molecule is COc1cccc(CO)c1-c1cc(-c2nccn2C)cn1C. The minimum atomic E-state index is -0.0323. The number of benzene rings is 1. The molecule has 1 N–H and O–H groups in total. The largest absolute Gasteiger partial charge is 0.496 e. The predicted molar refractivity (Wildman–Crippen MR) is 85.5 cm³/mol. The van der Waals surface area contributed by atoms with Gasteiger partial charge in [0, 0.05) is 43.8 Å². The maximum Gasteiger partial charge on any atom is 0.141 e. The van der Waals surface area contributed by atoms with Crippen LogP contribution in [0.4, 0.5) is 0 Å². The fourth-order valence-electron chi connectivity index (χ4n) is 2.75. The Morgan fingerprint density at radius 1 is 1.23 bits per heavy atom. The van der Waals surface area contributed by atoms with Crippen LogP contribution < -0.4 is 4.74 Å². The van der Waals surface area contributed by atoms with Crippen LogP contribution in [0.5, 0.6) is 5.75 Å². The zero-order valence-corrected chi connectivity index (χ0v) is 12.9. The second kappa shape index (κ2) is 5.69. The Balaban J connectivity index is 2.18. The lowest BCUT2D eigenvalue weighted by atomic mass is 10.0. The molecule has 22 heavy (non-hydrogen) atoms. The number of imidazole rings is 1. The van der Waals surface area contributed by atoms with Crippen molar-refractivity contribution in [3.8, 4) is 28.4 Å². The molecular weight excluding hydrogens is 278 g/mol. The van der Waals surface area contributed by atoms with E-state index in [1.165, 1.54) is 0 Å². The minimum absolute atomic E-state index is 0.0323. The summed E-state index contributed by atoms with van der Waals surface area (Å²) in [5, 5.41) is 9.64. The summed E-state index contributed by atoms with van der Waals surface area (Å²) in [4.78, 5) is 4.39. The highest BCUT2D eigenvalue weighted by atomic mass is 16.5. The van der Waals surface area contributed by atoms with Crippen LogP contribution in [-0.4, -0.2) is 26.3 Å². The number of rotatable bonds is 4. The number of aliphatic hydroxyl groups excluding tert-OH is 1. The van der Waals surface area contributed by atoms with Crippen molar-refractivity contribution in [3.63, 3.8) is 0 Å². The molecule has 0 unspecified atom stereocenters. The van der Waals surface area contributed by atoms with Crippen molar-refractivity contribution < 1.29 is 9.84 Å². The van der Waals surface area contributed by atoms with Crippen LogP contribution in [0.1, 0.15) is 5.56 Å². The lowest BCUT2D eigenvalue weighted by Gasteiger charge is -2.13. The van der Waals surface area contributed by atoms with Gasteiger partial charge in [0.05, 0.1) is 19.4 Å². The first-order valence-corrected chi connectivity index (χ1v) is 7.07. The Hall–Kier alpha value is -2.53. The van der Waals surface area contributed by atoms with Gasteiger partial charge in [-0.1, -0.05) is 12.1 Å². The van der Waals surface area contributed by atoms with Gasteiger partial charge in [0.1, 0.15) is 11.6 Å². The Kier molecular flexibility index (Phi) is 3.73. The Morgan fingerprint density at radius 3 is 2.68 bits per heavy atom. The molecule has 2 aromatic heterocycles. The molecule has 2 heterocycles. The van der Waals surface area contributed by atoms with E-state index in [-0.39, 0.29) is 6.61 Å². The number of hydrogen-bond donors (Lipinski definition) is 1. The first-order valence-electron chi connectivity index (χ1n) is 7.07. The van der Waals surface area contributed by atoms with E-state index in [9.17, 15) is 5.11 Å².